The highest BCUT2D eigenvalue weighted by molar-refractivity contribution is 14.0. The summed E-state index contributed by atoms with van der Waals surface area (Å²) in [6, 6.07) is 11.8. The quantitative estimate of drug-likeness (QED) is 0.243. The number of fused-ring (bicyclic) bond motifs is 1. The maximum atomic E-state index is 6.11. The predicted molar refractivity (Wildman–Crippen MR) is 136 cm³/mol. The van der Waals surface area contributed by atoms with Gasteiger partial charge in [0, 0.05) is 45.8 Å². The minimum Gasteiger partial charge on any atom is -0.373 e. The largest absolute Gasteiger partial charge is 0.373 e. The van der Waals surface area contributed by atoms with E-state index in [0.717, 1.165) is 58.3 Å². The van der Waals surface area contributed by atoms with E-state index < -0.39 is 0 Å². The van der Waals surface area contributed by atoms with Gasteiger partial charge in [0.25, 0.3) is 0 Å². The first-order chi connectivity index (χ1) is 14.1. The molecule has 2 saturated heterocycles. The average molecular weight is 530 g/mol. The molecule has 1 aromatic carbocycles. The van der Waals surface area contributed by atoms with Crippen LogP contribution < -0.4 is 5.32 Å². The molecule has 0 bridgehead atoms. The molecule has 2 atom stereocenters. The third-order valence-corrected chi connectivity index (χ3v) is 6.26. The summed E-state index contributed by atoms with van der Waals surface area (Å²) in [7, 11) is 4.09. The Morgan fingerprint density at radius 1 is 1.23 bits per heavy atom. The maximum absolute atomic E-state index is 6.11. The van der Waals surface area contributed by atoms with E-state index in [0.29, 0.717) is 12.1 Å². The van der Waals surface area contributed by atoms with Gasteiger partial charge in [0.15, 0.2) is 5.96 Å². The highest BCUT2D eigenvalue weighted by atomic mass is 127. The lowest BCUT2D eigenvalue weighted by Crippen LogP contribution is -2.50. The van der Waals surface area contributed by atoms with Crippen LogP contribution in [0.25, 0.3) is 0 Å². The molecule has 1 aromatic rings. The minimum absolute atomic E-state index is 0. The van der Waals surface area contributed by atoms with Crippen LogP contribution in [0.3, 0.4) is 0 Å². The number of guanidine groups is 1. The zero-order chi connectivity index (χ0) is 20.6. The van der Waals surface area contributed by atoms with Gasteiger partial charge in [0.2, 0.25) is 0 Å². The first kappa shape index (κ1) is 25.4. The molecule has 0 amide bonds. The van der Waals surface area contributed by atoms with Crippen LogP contribution in [0.4, 0.5) is 0 Å². The number of likely N-dealkylation sites (tertiary alicyclic amines) is 1. The molecule has 2 unspecified atom stereocenters. The first-order valence-electron chi connectivity index (χ1n) is 11.1. The van der Waals surface area contributed by atoms with E-state index in [9.17, 15) is 0 Å². The fourth-order valence-corrected chi connectivity index (χ4v) is 4.22. The highest BCUT2D eigenvalue weighted by Gasteiger charge is 2.41. The molecule has 2 aliphatic rings. The van der Waals surface area contributed by atoms with Crippen LogP contribution in [0, 0.1) is 0 Å². The number of aliphatic imine (C=N–C) groups is 1. The van der Waals surface area contributed by atoms with Gasteiger partial charge in [-0.1, -0.05) is 30.3 Å². The molecule has 0 aromatic heterocycles. The second-order valence-corrected chi connectivity index (χ2v) is 8.59. The molecule has 7 heteroatoms. The molecular weight excluding hydrogens is 489 g/mol. The van der Waals surface area contributed by atoms with Crippen molar-refractivity contribution in [2.24, 2.45) is 4.99 Å². The van der Waals surface area contributed by atoms with Gasteiger partial charge >= 0.3 is 0 Å². The van der Waals surface area contributed by atoms with Gasteiger partial charge < -0.3 is 19.9 Å². The summed E-state index contributed by atoms with van der Waals surface area (Å²) >= 11 is 0. The van der Waals surface area contributed by atoms with Crippen LogP contribution in [0.15, 0.2) is 35.3 Å². The van der Waals surface area contributed by atoms with E-state index >= 15 is 0 Å². The molecule has 3 rings (SSSR count). The van der Waals surface area contributed by atoms with Crippen LogP contribution >= 0.6 is 24.0 Å². The number of hydrogen-bond donors (Lipinski definition) is 1. The van der Waals surface area contributed by atoms with Gasteiger partial charge in [-0.15, -0.1) is 24.0 Å². The molecular formula is C23H40IN5O. The van der Waals surface area contributed by atoms with Gasteiger partial charge in [-0.25, -0.2) is 0 Å². The number of nitrogens with one attached hydrogen (secondary N) is 1. The fraction of sp³-hybridized carbons (Fsp3) is 0.696. The monoisotopic (exact) mass is 529 g/mol. The number of morpholine rings is 1. The normalized spacial score (nSPS) is 22.3. The smallest absolute Gasteiger partial charge is 0.193 e. The van der Waals surface area contributed by atoms with Gasteiger partial charge in [0.1, 0.15) is 0 Å². The van der Waals surface area contributed by atoms with E-state index in [-0.39, 0.29) is 30.1 Å². The van der Waals surface area contributed by atoms with Gasteiger partial charge in [-0.2, -0.15) is 0 Å². The van der Waals surface area contributed by atoms with E-state index in [1.165, 1.54) is 12.0 Å². The van der Waals surface area contributed by atoms with Crippen LogP contribution in [0.5, 0.6) is 0 Å². The van der Waals surface area contributed by atoms with E-state index in [2.05, 4.69) is 76.2 Å². The lowest BCUT2D eigenvalue weighted by Gasteiger charge is -2.36. The molecule has 0 aliphatic carbocycles. The minimum atomic E-state index is 0. The van der Waals surface area contributed by atoms with Gasteiger partial charge in [0.05, 0.1) is 18.8 Å². The predicted octanol–water partition coefficient (Wildman–Crippen LogP) is 2.89. The standard InChI is InChI=1S/C23H39N5O.HI/c1-19(2)26(4)13-9-8-12-25-23(24-3)28-17-21-22(18-28)29-15-14-27(21)16-20-10-6-5-7-11-20;/h5-7,10-11,19,21-22H,8-9,12-18H2,1-4H3,(H,24,25);1H. The maximum Gasteiger partial charge on any atom is 0.193 e. The SMILES string of the molecule is CN=C(NCCCCN(C)C(C)C)N1CC2OCCN(Cc3ccccc3)C2C1.I. The van der Waals surface area contributed by atoms with Crippen molar-refractivity contribution in [2.75, 3.05) is 53.4 Å². The molecule has 0 spiro atoms. The Hall–Kier alpha value is -0.900. The lowest BCUT2D eigenvalue weighted by molar-refractivity contribution is -0.0502. The summed E-state index contributed by atoms with van der Waals surface area (Å²) in [5.41, 5.74) is 1.38. The second kappa shape index (κ2) is 12.8. The third-order valence-electron chi connectivity index (χ3n) is 6.26. The van der Waals surface area contributed by atoms with E-state index in [1.54, 1.807) is 0 Å². The van der Waals surface area contributed by atoms with Crippen molar-refractivity contribution in [3.8, 4) is 0 Å². The Balaban J connectivity index is 0.00000320. The van der Waals surface area contributed by atoms with Crippen molar-refractivity contribution in [1.29, 1.82) is 0 Å². The number of halogens is 1. The molecule has 2 aliphatic heterocycles. The summed E-state index contributed by atoms with van der Waals surface area (Å²) in [6.07, 6.45) is 2.64. The number of nitrogens with zero attached hydrogens (tertiary/aromatic N) is 4. The molecule has 6 nitrogen and oxygen atoms in total. The number of ether oxygens (including phenoxy) is 1. The number of rotatable bonds is 8. The molecule has 0 radical (unpaired) electrons. The Bertz CT molecular complexity index is 642. The summed E-state index contributed by atoms with van der Waals surface area (Å²) in [5.74, 6) is 1.01. The molecule has 2 fully saturated rings. The van der Waals surface area contributed by atoms with Gasteiger partial charge in [-0.05, 0) is 45.8 Å². The van der Waals surface area contributed by atoms with E-state index in [4.69, 9.17) is 4.74 Å². The fourth-order valence-electron chi connectivity index (χ4n) is 4.22. The van der Waals surface area contributed by atoms with Crippen molar-refractivity contribution < 1.29 is 4.74 Å². The molecule has 30 heavy (non-hydrogen) atoms. The summed E-state index contributed by atoms with van der Waals surface area (Å²) in [6.45, 7) is 11.3. The molecule has 2 heterocycles. The number of unbranched alkanes of at least 4 members (excludes halogenated alkanes) is 1. The molecule has 170 valence electrons. The van der Waals surface area contributed by atoms with Crippen molar-refractivity contribution in [3.05, 3.63) is 35.9 Å². The van der Waals surface area contributed by atoms with Crippen LogP contribution in [0.1, 0.15) is 32.3 Å². The molecule has 1 N–H and O–H groups in total. The van der Waals surface area contributed by atoms with Crippen molar-refractivity contribution in [1.82, 2.24) is 20.0 Å². The average Bonchev–Trinajstić information content (AvgIpc) is 3.16. The van der Waals surface area contributed by atoms with Crippen LogP contribution in [-0.4, -0.2) is 92.3 Å². The van der Waals surface area contributed by atoms with E-state index in [1.807, 2.05) is 7.05 Å². The highest BCUT2D eigenvalue weighted by Crippen LogP contribution is 2.24. The van der Waals surface area contributed by atoms with Crippen LogP contribution in [0.2, 0.25) is 0 Å². The number of benzene rings is 1. The Kier molecular flexibility index (Phi) is 10.8. The third kappa shape index (κ3) is 7.07. The second-order valence-electron chi connectivity index (χ2n) is 8.59. The number of hydrogen-bond acceptors (Lipinski definition) is 4. The van der Waals surface area contributed by atoms with Gasteiger partial charge in [-0.3, -0.25) is 9.89 Å². The van der Waals surface area contributed by atoms with Crippen molar-refractivity contribution in [3.63, 3.8) is 0 Å². The van der Waals surface area contributed by atoms with Crippen molar-refractivity contribution >= 4 is 29.9 Å². The topological polar surface area (TPSA) is 43.3 Å². The molecule has 0 saturated carbocycles. The summed E-state index contributed by atoms with van der Waals surface area (Å²) < 4.78 is 6.11. The zero-order valence-electron chi connectivity index (χ0n) is 19.1. The van der Waals surface area contributed by atoms with Crippen LogP contribution in [-0.2, 0) is 11.3 Å². The lowest BCUT2D eigenvalue weighted by atomic mass is 10.1. The summed E-state index contributed by atoms with van der Waals surface area (Å²) in [5, 5.41) is 3.57. The summed E-state index contributed by atoms with van der Waals surface area (Å²) in [4.78, 5) is 11.9. The van der Waals surface area contributed by atoms with Crippen molar-refractivity contribution in [2.45, 2.75) is 51.4 Å². The Morgan fingerprint density at radius 2 is 2.00 bits per heavy atom. The Morgan fingerprint density at radius 3 is 2.70 bits per heavy atom. The first-order valence-corrected chi connectivity index (χ1v) is 11.1. The Labute approximate surface area is 200 Å². The zero-order valence-corrected chi connectivity index (χ0v) is 21.4.